The molecule has 0 unspecified atom stereocenters. The number of hydrogen-bond acceptors (Lipinski definition) is 4. The van der Waals surface area contributed by atoms with Crippen LogP contribution in [0.15, 0.2) is 10.6 Å². The Labute approximate surface area is 100 Å². The van der Waals surface area contributed by atoms with E-state index in [1.165, 1.54) is 0 Å². The molecule has 1 aliphatic rings. The minimum absolute atomic E-state index is 0. The average Bonchev–Trinajstić information content (AvgIpc) is 2.84. The fraction of sp³-hybridized carbons (Fsp3) is 0.600. The first-order valence-corrected chi connectivity index (χ1v) is 5.19. The van der Waals surface area contributed by atoms with Crippen molar-refractivity contribution in [3.63, 3.8) is 0 Å². The van der Waals surface area contributed by atoms with Gasteiger partial charge in [-0.05, 0) is 26.3 Å². The number of nitrogens with zero attached hydrogens (tertiary/aromatic N) is 1. The monoisotopic (exact) mass is 245 g/mol. The molecule has 0 aliphatic carbocycles. The van der Waals surface area contributed by atoms with Crippen LogP contribution in [-0.4, -0.2) is 23.7 Å². The number of aromatic nitrogens is 1. The highest BCUT2D eigenvalue weighted by atomic mass is 35.5. The van der Waals surface area contributed by atoms with E-state index in [2.05, 4.69) is 15.8 Å². The first kappa shape index (κ1) is 13.0. The van der Waals surface area contributed by atoms with E-state index in [4.69, 9.17) is 4.52 Å². The van der Waals surface area contributed by atoms with E-state index in [9.17, 15) is 4.79 Å². The van der Waals surface area contributed by atoms with E-state index >= 15 is 0 Å². The predicted octanol–water partition coefficient (Wildman–Crippen LogP) is 0.773. The number of aryl methyl sites for hydroxylation is 1. The summed E-state index contributed by atoms with van der Waals surface area (Å²) in [6.45, 7) is 3.20. The molecule has 2 heterocycles. The summed E-state index contributed by atoms with van der Waals surface area (Å²) in [5.41, 5.74) is 0.832. The lowest BCUT2D eigenvalue weighted by Crippen LogP contribution is -2.39. The third-order valence-corrected chi connectivity index (χ3v) is 2.49. The maximum absolute atomic E-state index is 11.6. The zero-order valence-electron chi connectivity index (χ0n) is 9.16. The van der Waals surface area contributed by atoms with Gasteiger partial charge in [-0.2, -0.15) is 0 Å². The third kappa shape index (κ3) is 3.21. The number of nitrogens with one attached hydrogen (secondary N) is 2. The Morgan fingerprint density at radius 2 is 2.56 bits per heavy atom. The van der Waals surface area contributed by atoms with Gasteiger partial charge in [-0.3, -0.25) is 4.79 Å². The number of amides is 1. The van der Waals surface area contributed by atoms with Crippen LogP contribution in [-0.2, 0) is 11.3 Å². The summed E-state index contributed by atoms with van der Waals surface area (Å²) < 4.78 is 4.99. The molecule has 1 aromatic rings. The van der Waals surface area contributed by atoms with Crippen molar-refractivity contribution in [3.8, 4) is 0 Å². The topological polar surface area (TPSA) is 67.2 Å². The van der Waals surface area contributed by atoms with Crippen LogP contribution in [0.25, 0.3) is 0 Å². The average molecular weight is 246 g/mol. The van der Waals surface area contributed by atoms with Crippen LogP contribution in [0.2, 0.25) is 0 Å². The van der Waals surface area contributed by atoms with Gasteiger partial charge in [0.1, 0.15) is 0 Å². The fourth-order valence-corrected chi connectivity index (χ4v) is 1.71. The molecule has 1 aliphatic heterocycles. The lowest BCUT2D eigenvalue weighted by Gasteiger charge is -2.09. The molecule has 1 atom stereocenters. The quantitative estimate of drug-likeness (QED) is 0.826. The Morgan fingerprint density at radius 3 is 3.12 bits per heavy atom. The first-order chi connectivity index (χ1) is 7.25. The Morgan fingerprint density at radius 1 is 1.75 bits per heavy atom. The molecule has 2 rings (SSSR count). The van der Waals surface area contributed by atoms with E-state index in [1.54, 1.807) is 0 Å². The largest absolute Gasteiger partial charge is 0.359 e. The molecular weight excluding hydrogens is 230 g/mol. The van der Waals surface area contributed by atoms with Gasteiger partial charge in [0.05, 0.1) is 18.3 Å². The molecule has 6 heteroatoms. The SMILES string of the molecule is Cc1cc(CNC(=O)[C@@H]2CCCN2)on1.Cl. The highest BCUT2D eigenvalue weighted by molar-refractivity contribution is 5.85. The van der Waals surface area contributed by atoms with Crippen molar-refractivity contribution in [1.29, 1.82) is 0 Å². The number of hydrogen-bond donors (Lipinski definition) is 2. The van der Waals surface area contributed by atoms with Crippen LogP contribution < -0.4 is 10.6 Å². The minimum Gasteiger partial charge on any atom is -0.359 e. The highest BCUT2D eigenvalue weighted by Gasteiger charge is 2.21. The summed E-state index contributed by atoms with van der Waals surface area (Å²) in [5, 5.41) is 9.71. The fourth-order valence-electron chi connectivity index (χ4n) is 1.71. The normalized spacial score (nSPS) is 19.2. The van der Waals surface area contributed by atoms with Gasteiger partial charge in [0, 0.05) is 6.07 Å². The maximum Gasteiger partial charge on any atom is 0.237 e. The zero-order chi connectivity index (χ0) is 10.7. The first-order valence-electron chi connectivity index (χ1n) is 5.19. The Bertz CT molecular complexity index is 348. The van der Waals surface area contributed by atoms with Gasteiger partial charge in [-0.15, -0.1) is 12.4 Å². The van der Waals surface area contributed by atoms with Crippen LogP contribution >= 0.6 is 12.4 Å². The zero-order valence-corrected chi connectivity index (χ0v) is 9.97. The second kappa shape index (κ2) is 5.86. The van der Waals surface area contributed by atoms with E-state index in [1.807, 2.05) is 13.0 Å². The van der Waals surface area contributed by atoms with E-state index in [-0.39, 0.29) is 24.4 Å². The van der Waals surface area contributed by atoms with Crippen molar-refractivity contribution < 1.29 is 9.32 Å². The molecule has 0 spiro atoms. The summed E-state index contributed by atoms with van der Waals surface area (Å²) in [6, 6.07) is 1.79. The van der Waals surface area contributed by atoms with Crippen molar-refractivity contribution in [2.75, 3.05) is 6.54 Å². The smallest absolute Gasteiger partial charge is 0.237 e. The molecule has 2 N–H and O–H groups in total. The Hall–Kier alpha value is -1.07. The lowest BCUT2D eigenvalue weighted by molar-refractivity contribution is -0.123. The van der Waals surface area contributed by atoms with Gasteiger partial charge in [0.2, 0.25) is 5.91 Å². The van der Waals surface area contributed by atoms with Crippen molar-refractivity contribution in [1.82, 2.24) is 15.8 Å². The van der Waals surface area contributed by atoms with Crippen LogP contribution in [0.5, 0.6) is 0 Å². The minimum atomic E-state index is -0.0333. The van der Waals surface area contributed by atoms with E-state index in [0.29, 0.717) is 12.3 Å². The molecule has 1 fully saturated rings. The summed E-state index contributed by atoms with van der Waals surface area (Å²) in [7, 11) is 0. The summed E-state index contributed by atoms with van der Waals surface area (Å²) in [5.74, 6) is 0.736. The number of carbonyl (C=O) groups is 1. The van der Waals surface area contributed by atoms with Gasteiger partial charge < -0.3 is 15.2 Å². The molecule has 0 bridgehead atoms. The Kier molecular flexibility index (Phi) is 4.76. The van der Waals surface area contributed by atoms with Gasteiger partial charge >= 0.3 is 0 Å². The molecule has 0 radical (unpaired) electrons. The molecule has 90 valence electrons. The van der Waals surface area contributed by atoms with Crippen LogP contribution in [0.4, 0.5) is 0 Å². The molecule has 16 heavy (non-hydrogen) atoms. The number of rotatable bonds is 3. The van der Waals surface area contributed by atoms with Crippen molar-refractivity contribution in [2.24, 2.45) is 0 Å². The highest BCUT2D eigenvalue weighted by Crippen LogP contribution is 2.06. The van der Waals surface area contributed by atoms with Gasteiger partial charge in [0.15, 0.2) is 5.76 Å². The molecule has 1 saturated heterocycles. The maximum atomic E-state index is 11.6. The summed E-state index contributed by atoms with van der Waals surface area (Å²) in [6.07, 6.45) is 1.99. The van der Waals surface area contributed by atoms with Gasteiger partial charge in [-0.1, -0.05) is 5.16 Å². The number of carbonyl (C=O) groups excluding carboxylic acids is 1. The second-order valence-electron chi connectivity index (χ2n) is 3.80. The lowest BCUT2D eigenvalue weighted by atomic mass is 10.2. The van der Waals surface area contributed by atoms with Gasteiger partial charge in [-0.25, -0.2) is 0 Å². The standard InChI is InChI=1S/C10H15N3O2.ClH/c1-7-5-8(15-13-7)6-12-10(14)9-3-2-4-11-9;/h5,9,11H,2-4,6H2,1H3,(H,12,14);1H/t9-;/m0./s1. The molecule has 0 aromatic carbocycles. The molecular formula is C10H16ClN3O2. The van der Waals surface area contributed by atoms with Crippen molar-refractivity contribution in [2.45, 2.75) is 32.4 Å². The summed E-state index contributed by atoms with van der Waals surface area (Å²) in [4.78, 5) is 11.6. The Balaban J connectivity index is 0.00000128. The predicted molar refractivity (Wildman–Crippen MR) is 61.4 cm³/mol. The summed E-state index contributed by atoms with van der Waals surface area (Å²) >= 11 is 0. The van der Waals surface area contributed by atoms with E-state index < -0.39 is 0 Å². The van der Waals surface area contributed by atoms with Crippen molar-refractivity contribution in [3.05, 3.63) is 17.5 Å². The van der Waals surface area contributed by atoms with Gasteiger partial charge in [0.25, 0.3) is 0 Å². The third-order valence-electron chi connectivity index (χ3n) is 2.49. The van der Waals surface area contributed by atoms with Crippen LogP contribution in [0.1, 0.15) is 24.3 Å². The van der Waals surface area contributed by atoms with Crippen LogP contribution in [0.3, 0.4) is 0 Å². The number of halogens is 1. The molecule has 5 nitrogen and oxygen atoms in total. The van der Waals surface area contributed by atoms with Crippen LogP contribution in [0, 0.1) is 6.92 Å². The molecule has 0 saturated carbocycles. The molecule has 1 aromatic heterocycles. The van der Waals surface area contributed by atoms with Crippen molar-refractivity contribution >= 4 is 18.3 Å². The second-order valence-corrected chi connectivity index (χ2v) is 3.80. The van der Waals surface area contributed by atoms with E-state index in [0.717, 1.165) is 25.1 Å². The molecule has 1 amide bonds.